The minimum absolute atomic E-state index is 0.0293. The molecule has 0 bridgehead atoms. The largest absolute Gasteiger partial charge is 0.497 e. The lowest BCUT2D eigenvalue weighted by molar-refractivity contribution is -0.116. The summed E-state index contributed by atoms with van der Waals surface area (Å²) in [6.45, 7) is 1.81. The zero-order valence-corrected chi connectivity index (χ0v) is 15.0. The quantitative estimate of drug-likeness (QED) is 0.694. The minimum atomic E-state index is -0.243. The van der Waals surface area contributed by atoms with Crippen LogP contribution in [0.1, 0.15) is 15.4 Å². The second kappa shape index (κ2) is 7.79. The number of ether oxygens (including phenoxy) is 1. The summed E-state index contributed by atoms with van der Waals surface area (Å²) in [6.07, 6.45) is 3.09. The number of carbonyl (C=O) groups excluding carboxylic acids is 2. The predicted octanol–water partition coefficient (Wildman–Crippen LogP) is 2.55. The van der Waals surface area contributed by atoms with E-state index in [4.69, 9.17) is 4.74 Å². The van der Waals surface area contributed by atoms with Gasteiger partial charge in [-0.1, -0.05) is 0 Å². The summed E-state index contributed by atoms with van der Waals surface area (Å²) in [4.78, 5) is 28.9. The molecule has 1 aromatic carbocycles. The third-order valence-electron chi connectivity index (χ3n) is 3.52. The van der Waals surface area contributed by atoms with E-state index in [0.717, 1.165) is 0 Å². The fraction of sp³-hybridized carbons (Fsp3) is 0.176. The summed E-state index contributed by atoms with van der Waals surface area (Å²) in [5, 5.41) is 9.61. The molecule has 2 heterocycles. The molecule has 0 aliphatic heterocycles. The van der Waals surface area contributed by atoms with Gasteiger partial charge in [0, 0.05) is 11.9 Å². The number of methoxy groups -OCH3 is 1. The molecule has 0 radical (unpaired) electrons. The van der Waals surface area contributed by atoms with Gasteiger partial charge in [0.15, 0.2) is 0 Å². The van der Waals surface area contributed by atoms with Crippen molar-refractivity contribution in [2.24, 2.45) is 0 Å². The lowest BCUT2D eigenvalue weighted by atomic mass is 10.3. The molecular formula is C17H17N5O3S. The Morgan fingerprint density at radius 1 is 1.19 bits per heavy atom. The van der Waals surface area contributed by atoms with E-state index in [1.807, 2.05) is 0 Å². The van der Waals surface area contributed by atoms with Crippen LogP contribution in [-0.2, 0) is 11.3 Å². The summed E-state index contributed by atoms with van der Waals surface area (Å²) in [7, 11) is 1.58. The van der Waals surface area contributed by atoms with Crippen LogP contribution in [0.2, 0.25) is 0 Å². The molecule has 2 N–H and O–H groups in total. The second-order valence-electron chi connectivity index (χ2n) is 5.42. The number of anilines is 2. The van der Waals surface area contributed by atoms with Crippen LogP contribution in [0.3, 0.4) is 0 Å². The normalized spacial score (nSPS) is 10.4. The molecular weight excluding hydrogens is 354 g/mol. The second-order valence-corrected chi connectivity index (χ2v) is 6.28. The molecule has 9 heteroatoms. The van der Waals surface area contributed by atoms with Crippen molar-refractivity contribution in [1.82, 2.24) is 14.8 Å². The molecule has 0 unspecified atom stereocenters. The molecule has 0 aliphatic rings. The van der Waals surface area contributed by atoms with E-state index >= 15 is 0 Å². The van der Waals surface area contributed by atoms with Crippen LogP contribution in [-0.4, -0.2) is 33.7 Å². The van der Waals surface area contributed by atoms with Crippen molar-refractivity contribution >= 4 is 34.5 Å². The van der Waals surface area contributed by atoms with Crippen LogP contribution < -0.4 is 15.4 Å². The summed E-state index contributed by atoms with van der Waals surface area (Å²) < 4.78 is 6.53. The Hall–Kier alpha value is -3.20. The maximum atomic E-state index is 12.2. The molecule has 0 fully saturated rings. The van der Waals surface area contributed by atoms with Gasteiger partial charge >= 0.3 is 0 Å². The molecule has 2 amide bonds. The number of hydrogen-bond acceptors (Lipinski definition) is 6. The number of rotatable bonds is 6. The lowest BCUT2D eigenvalue weighted by Crippen LogP contribution is -2.19. The Bertz CT molecular complexity index is 917. The summed E-state index contributed by atoms with van der Waals surface area (Å²) in [5.41, 5.74) is 3.48. The predicted molar refractivity (Wildman–Crippen MR) is 98.7 cm³/mol. The Balaban J connectivity index is 1.56. The van der Waals surface area contributed by atoms with E-state index in [2.05, 4.69) is 20.7 Å². The molecule has 3 rings (SSSR count). The van der Waals surface area contributed by atoms with E-state index < -0.39 is 0 Å². The van der Waals surface area contributed by atoms with Crippen molar-refractivity contribution in [3.05, 3.63) is 52.7 Å². The molecule has 0 saturated carbocycles. The van der Waals surface area contributed by atoms with Gasteiger partial charge in [0.2, 0.25) is 5.91 Å². The number of benzene rings is 1. The van der Waals surface area contributed by atoms with Gasteiger partial charge in [-0.2, -0.15) is 5.10 Å². The molecule has 0 saturated heterocycles. The SMILES string of the molecule is COc1ccc(NC(=O)Cn2cc(NC(=O)c3scnc3C)cn2)cc1. The van der Waals surface area contributed by atoms with Crippen molar-refractivity contribution in [2.45, 2.75) is 13.5 Å². The summed E-state index contributed by atoms with van der Waals surface area (Å²) in [6, 6.07) is 7.03. The number of aromatic nitrogens is 3. The highest BCUT2D eigenvalue weighted by Gasteiger charge is 2.13. The van der Waals surface area contributed by atoms with Crippen LogP contribution in [0.15, 0.2) is 42.2 Å². The monoisotopic (exact) mass is 371 g/mol. The van der Waals surface area contributed by atoms with Crippen LogP contribution in [0.25, 0.3) is 0 Å². The molecule has 134 valence electrons. The lowest BCUT2D eigenvalue weighted by Gasteiger charge is -2.06. The number of carbonyl (C=O) groups is 2. The number of aryl methyl sites for hydroxylation is 1. The average Bonchev–Trinajstić information content (AvgIpc) is 3.24. The highest BCUT2D eigenvalue weighted by molar-refractivity contribution is 7.12. The van der Waals surface area contributed by atoms with Crippen LogP contribution in [0, 0.1) is 6.92 Å². The standard InChI is InChI=1S/C17H17N5O3S/c1-11-16(26-10-18-11)17(24)21-13-7-19-22(8-13)9-15(23)20-12-3-5-14(25-2)6-4-12/h3-8,10H,9H2,1-2H3,(H,20,23)(H,21,24). The van der Waals surface area contributed by atoms with E-state index in [9.17, 15) is 9.59 Å². The molecule has 0 spiro atoms. The van der Waals surface area contributed by atoms with Gasteiger partial charge in [-0.05, 0) is 31.2 Å². The number of amides is 2. The van der Waals surface area contributed by atoms with Crippen LogP contribution >= 0.6 is 11.3 Å². The number of nitrogens with one attached hydrogen (secondary N) is 2. The van der Waals surface area contributed by atoms with Crippen molar-refractivity contribution in [2.75, 3.05) is 17.7 Å². The van der Waals surface area contributed by atoms with Gasteiger partial charge in [0.05, 0.1) is 30.2 Å². The van der Waals surface area contributed by atoms with Gasteiger partial charge < -0.3 is 15.4 Å². The first-order valence-corrected chi connectivity index (χ1v) is 8.61. The van der Waals surface area contributed by atoms with Gasteiger partial charge in [-0.3, -0.25) is 14.3 Å². The fourth-order valence-corrected chi connectivity index (χ4v) is 2.94. The van der Waals surface area contributed by atoms with Crippen molar-refractivity contribution in [3.63, 3.8) is 0 Å². The summed E-state index contributed by atoms with van der Waals surface area (Å²) >= 11 is 1.27. The van der Waals surface area contributed by atoms with Gasteiger partial charge in [0.25, 0.3) is 5.91 Å². The van der Waals surface area contributed by atoms with Gasteiger partial charge in [-0.15, -0.1) is 11.3 Å². The van der Waals surface area contributed by atoms with Gasteiger partial charge in [0.1, 0.15) is 17.2 Å². The van der Waals surface area contributed by atoms with E-state index in [1.165, 1.54) is 22.2 Å². The van der Waals surface area contributed by atoms with Crippen molar-refractivity contribution in [3.8, 4) is 5.75 Å². The molecule has 3 aromatic rings. The molecule has 26 heavy (non-hydrogen) atoms. The Labute approximate surface area is 153 Å². The van der Waals surface area contributed by atoms with Crippen LogP contribution in [0.4, 0.5) is 11.4 Å². The van der Waals surface area contributed by atoms with Crippen LogP contribution in [0.5, 0.6) is 5.75 Å². The third kappa shape index (κ3) is 4.25. The maximum absolute atomic E-state index is 12.2. The summed E-state index contributed by atoms with van der Waals surface area (Å²) in [5.74, 6) is 0.244. The Morgan fingerprint density at radius 3 is 2.62 bits per heavy atom. The smallest absolute Gasteiger partial charge is 0.267 e. The fourth-order valence-electron chi connectivity index (χ4n) is 2.24. The van der Waals surface area contributed by atoms with Crippen molar-refractivity contribution in [1.29, 1.82) is 0 Å². The van der Waals surface area contributed by atoms with E-state index in [-0.39, 0.29) is 18.4 Å². The van der Waals surface area contributed by atoms with Gasteiger partial charge in [-0.25, -0.2) is 4.98 Å². The number of hydrogen-bond donors (Lipinski definition) is 2. The highest BCUT2D eigenvalue weighted by atomic mass is 32.1. The molecule has 0 aliphatic carbocycles. The average molecular weight is 371 g/mol. The number of nitrogens with zero attached hydrogens (tertiary/aromatic N) is 3. The Morgan fingerprint density at radius 2 is 1.96 bits per heavy atom. The molecule has 8 nitrogen and oxygen atoms in total. The zero-order chi connectivity index (χ0) is 18.5. The maximum Gasteiger partial charge on any atom is 0.267 e. The van der Waals surface area contributed by atoms with Crippen molar-refractivity contribution < 1.29 is 14.3 Å². The molecule has 0 atom stereocenters. The first kappa shape index (κ1) is 17.6. The highest BCUT2D eigenvalue weighted by Crippen LogP contribution is 2.16. The molecule has 2 aromatic heterocycles. The van der Waals surface area contributed by atoms with E-state index in [0.29, 0.717) is 27.7 Å². The zero-order valence-electron chi connectivity index (χ0n) is 14.2. The first-order valence-electron chi connectivity index (χ1n) is 7.73. The van der Waals surface area contributed by atoms with E-state index in [1.54, 1.807) is 50.0 Å². The minimum Gasteiger partial charge on any atom is -0.497 e. The topological polar surface area (TPSA) is 98.1 Å². The third-order valence-corrected chi connectivity index (χ3v) is 4.45. The Kier molecular flexibility index (Phi) is 5.28. The number of thiazole rings is 1. The first-order chi connectivity index (χ1) is 12.5.